The predicted octanol–water partition coefficient (Wildman–Crippen LogP) is 5.00. The lowest BCUT2D eigenvalue weighted by molar-refractivity contribution is 0.580. The summed E-state index contributed by atoms with van der Waals surface area (Å²) in [5.74, 6) is 0. The van der Waals surface area contributed by atoms with Crippen LogP contribution in [0.15, 0.2) is 94.2 Å². The monoisotopic (exact) mass is 482 g/mol. The molecular weight excluding hydrogens is 456 g/mol. The molecule has 0 atom stereocenters. The van der Waals surface area contributed by atoms with Gasteiger partial charge < -0.3 is 0 Å². The summed E-state index contributed by atoms with van der Waals surface area (Å²) in [5, 5.41) is 0. The molecule has 0 fully saturated rings. The molecule has 1 aliphatic heterocycles. The topological polar surface area (TPSA) is 74.8 Å². The standard InChI is InChI=1S/C25H26N2O4S2/c1-18(2)17-25-26(32(28,29)21-13-9-19(3)10-14-21)23-7-5-6-8-24(23)27(25)33(30,31)22-15-11-20(4)12-16-22/h5-17,25H,1-4H3. The fourth-order valence-electron chi connectivity index (χ4n) is 3.84. The highest BCUT2D eigenvalue weighted by atomic mass is 32.2. The first-order valence-corrected chi connectivity index (χ1v) is 13.4. The molecule has 0 saturated carbocycles. The summed E-state index contributed by atoms with van der Waals surface area (Å²) in [6, 6.07) is 19.8. The summed E-state index contributed by atoms with van der Waals surface area (Å²) in [4.78, 5) is 0.203. The van der Waals surface area contributed by atoms with Gasteiger partial charge in [-0.2, -0.15) is 0 Å². The van der Waals surface area contributed by atoms with Crippen LogP contribution in [0.5, 0.6) is 0 Å². The van der Waals surface area contributed by atoms with Crippen molar-refractivity contribution in [3.05, 3.63) is 95.6 Å². The first-order valence-electron chi connectivity index (χ1n) is 10.5. The third-order valence-electron chi connectivity index (χ3n) is 5.48. The first-order chi connectivity index (χ1) is 15.5. The maximum atomic E-state index is 13.8. The maximum Gasteiger partial charge on any atom is 0.266 e. The number of aryl methyl sites for hydroxylation is 2. The van der Waals surface area contributed by atoms with Gasteiger partial charge in [-0.05, 0) is 70.2 Å². The lowest BCUT2D eigenvalue weighted by atomic mass is 10.2. The smallest absolute Gasteiger partial charge is 0.238 e. The van der Waals surface area contributed by atoms with Crippen molar-refractivity contribution in [1.82, 2.24) is 0 Å². The Balaban J connectivity index is 1.96. The summed E-state index contributed by atoms with van der Waals surface area (Å²) in [6.45, 7) is 7.39. The molecule has 3 aromatic carbocycles. The molecule has 8 heteroatoms. The predicted molar refractivity (Wildman–Crippen MR) is 131 cm³/mol. The summed E-state index contributed by atoms with van der Waals surface area (Å²) >= 11 is 0. The van der Waals surface area contributed by atoms with Gasteiger partial charge >= 0.3 is 0 Å². The van der Waals surface area contributed by atoms with E-state index in [1.807, 2.05) is 27.7 Å². The van der Waals surface area contributed by atoms with E-state index in [-0.39, 0.29) is 9.79 Å². The number of nitrogens with zero attached hydrogens (tertiary/aromatic N) is 2. The van der Waals surface area contributed by atoms with Gasteiger partial charge in [0.15, 0.2) is 6.17 Å². The molecule has 6 nitrogen and oxygen atoms in total. The van der Waals surface area contributed by atoms with Crippen molar-refractivity contribution in [2.75, 3.05) is 8.61 Å². The molecule has 0 N–H and O–H groups in total. The number of para-hydroxylation sites is 2. The van der Waals surface area contributed by atoms with Crippen LogP contribution in [0, 0.1) is 13.8 Å². The Morgan fingerprint density at radius 1 is 0.667 bits per heavy atom. The molecule has 1 aliphatic rings. The molecule has 0 saturated heterocycles. The van der Waals surface area contributed by atoms with Gasteiger partial charge in [-0.3, -0.25) is 0 Å². The van der Waals surface area contributed by atoms with Crippen molar-refractivity contribution >= 4 is 31.4 Å². The van der Waals surface area contributed by atoms with Crippen LogP contribution < -0.4 is 8.61 Å². The average molecular weight is 483 g/mol. The highest BCUT2D eigenvalue weighted by Crippen LogP contribution is 2.46. The number of rotatable bonds is 5. The maximum absolute atomic E-state index is 13.8. The molecule has 0 aliphatic carbocycles. The molecule has 1 heterocycles. The molecule has 33 heavy (non-hydrogen) atoms. The number of hydrogen-bond acceptors (Lipinski definition) is 4. The third-order valence-corrected chi connectivity index (χ3v) is 9.07. The summed E-state index contributed by atoms with van der Waals surface area (Å²) in [6.07, 6.45) is 0.585. The fraction of sp³-hybridized carbons (Fsp3) is 0.200. The van der Waals surface area contributed by atoms with Gasteiger partial charge in [0, 0.05) is 0 Å². The minimum atomic E-state index is -4.06. The molecule has 172 valence electrons. The zero-order chi connectivity index (χ0) is 24.0. The van der Waals surface area contributed by atoms with Crippen LogP contribution in [-0.2, 0) is 20.0 Å². The number of anilines is 2. The van der Waals surface area contributed by atoms with Crippen LogP contribution in [-0.4, -0.2) is 23.0 Å². The van der Waals surface area contributed by atoms with Crippen molar-refractivity contribution in [3.63, 3.8) is 0 Å². The summed E-state index contributed by atoms with van der Waals surface area (Å²) in [7, 11) is -8.13. The van der Waals surface area contributed by atoms with Gasteiger partial charge in [-0.1, -0.05) is 53.1 Å². The number of hydrogen-bond donors (Lipinski definition) is 0. The fourth-order valence-corrected chi connectivity index (χ4v) is 7.02. The van der Waals surface area contributed by atoms with E-state index in [2.05, 4.69) is 0 Å². The molecule has 0 radical (unpaired) electrons. The van der Waals surface area contributed by atoms with E-state index in [0.29, 0.717) is 11.4 Å². The molecule has 0 aromatic heterocycles. The SMILES string of the molecule is CC(C)=CC1N(S(=O)(=O)c2ccc(C)cc2)c2ccccc2N1S(=O)(=O)c1ccc(C)cc1. The van der Waals surface area contributed by atoms with Crippen molar-refractivity contribution in [2.24, 2.45) is 0 Å². The minimum Gasteiger partial charge on any atom is -0.238 e. The molecule has 0 spiro atoms. The summed E-state index contributed by atoms with van der Waals surface area (Å²) in [5.41, 5.74) is 3.29. The van der Waals surface area contributed by atoms with Crippen molar-refractivity contribution in [3.8, 4) is 0 Å². The minimum absolute atomic E-state index is 0.102. The number of benzene rings is 3. The van der Waals surface area contributed by atoms with E-state index < -0.39 is 26.2 Å². The quantitative estimate of drug-likeness (QED) is 0.480. The Morgan fingerprint density at radius 2 is 1.03 bits per heavy atom. The van der Waals surface area contributed by atoms with E-state index in [1.165, 1.54) is 8.61 Å². The van der Waals surface area contributed by atoms with Crippen molar-refractivity contribution < 1.29 is 16.8 Å². The van der Waals surface area contributed by atoms with E-state index in [0.717, 1.165) is 16.7 Å². The molecule has 3 aromatic rings. The van der Waals surface area contributed by atoms with Gasteiger partial charge in [-0.15, -0.1) is 0 Å². The van der Waals surface area contributed by atoms with Crippen LogP contribution in [0.2, 0.25) is 0 Å². The van der Waals surface area contributed by atoms with Gasteiger partial charge in [0.2, 0.25) is 0 Å². The van der Waals surface area contributed by atoms with Crippen molar-refractivity contribution in [2.45, 2.75) is 43.7 Å². The molecule has 4 rings (SSSR count). The van der Waals surface area contributed by atoms with E-state index in [9.17, 15) is 16.8 Å². The average Bonchev–Trinajstić information content (AvgIpc) is 3.08. The zero-order valence-electron chi connectivity index (χ0n) is 18.9. The number of allylic oxidation sites excluding steroid dienone is 1. The van der Waals surface area contributed by atoms with Crippen LogP contribution in [0.3, 0.4) is 0 Å². The second-order valence-corrected chi connectivity index (χ2v) is 12.0. The zero-order valence-corrected chi connectivity index (χ0v) is 20.6. The Morgan fingerprint density at radius 3 is 1.36 bits per heavy atom. The normalized spacial score (nSPS) is 14.3. The largest absolute Gasteiger partial charge is 0.266 e. The summed E-state index contributed by atoms with van der Waals surface area (Å²) < 4.78 is 57.7. The van der Waals surface area contributed by atoms with E-state index >= 15 is 0 Å². The van der Waals surface area contributed by atoms with Gasteiger partial charge in [0.05, 0.1) is 21.2 Å². The Kier molecular flexibility index (Phi) is 5.84. The van der Waals surface area contributed by atoms with Gasteiger partial charge in [0.25, 0.3) is 20.0 Å². The van der Waals surface area contributed by atoms with Crippen LogP contribution in [0.1, 0.15) is 25.0 Å². The Bertz CT molecular complexity index is 1320. The highest BCUT2D eigenvalue weighted by molar-refractivity contribution is 7.94. The Labute approximate surface area is 195 Å². The molecule has 0 amide bonds. The molecule has 0 unspecified atom stereocenters. The molecule has 0 bridgehead atoms. The van der Waals surface area contributed by atoms with E-state index in [4.69, 9.17) is 0 Å². The number of sulfonamides is 2. The van der Waals surface area contributed by atoms with Crippen molar-refractivity contribution in [1.29, 1.82) is 0 Å². The second-order valence-electron chi connectivity index (χ2n) is 8.37. The number of fused-ring (bicyclic) bond motifs is 1. The van der Waals surface area contributed by atoms with Crippen LogP contribution >= 0.6 is 0 Å². The highest BCUT2D eigenvalue weighted by Gasteiger charge is 2.47. The lowest BCUT2D eigenvalue weighted by Gasteiger charge is -2.30. The van der Waals surface area contributed by atoms with Crippen LogP contribution in [0.25, 0.3) is 0 Å². The lowest BCUT2D eigenvalue weighted by Crippen LogP contribution is -2.47. The van der Waals surface area contributed by atoms with Crippen LogP contribution in [0.4, 0.5) is 11.4 Å². The first kappa shape index (κ1) is 23.1. The van der Waals surface area contributed by atoms with E-state index in [1.54, 1.807) is 78.9 Å². The Hall–Kier alpha value is -3.10. The second kappa shape index (κ2) is 8.35. The third kappa shape index (κ3) is 4.05. The van der Waals surface area contributed by atoms with Gasteiger partial charge in [-0.25, -0.2) is 25.4 Å². The van der Waals surface area contributed by atoms with Gasteiger partial charge in [0.1, 0.15) is 0 Å². The molecular formula is C25H26N2O4S2.